The second-order valence-electron chi connectivity index (χ2n) is 5.81. The van der Waals surface area contributed by atoms with Crippen LogP contribution in [0.4, 0.5) is 0 Å². The first-order valence-electron chi connectivity index (χ1n) is 8.11. The number of hydrogen-bond acceptors (Lipinski definition) is 5. The second-order valence-corrected chi connectivity index (χ2v) is 7.04. The van der Waals surface area contributed by atoms with Crippen LogP contribution in [0.25, 0.3) is 11.0 Å². The molecule has 1 unspecified atom stereocenters. The van der Waals surface area contributed by atoms with Crippen LogP contribution in [-0.4, -0.2) is 28.5 Å². The molecule has 3 heterocycles. The molecule has 8 heteroatoms. The number of nitrogens with one attached hydrogen (secondary N) is 1. The average molecular weight is 390 g/mol. The van der Waals surface area contributed by atoms with Gasteiger partial charge in [0.25, 0.3) is 0 Å². The summed E-state index contributed by atoms with van der Waals surface area (Å²) in [6.45, 7) is 3.00. The van der Waals surface area contributed by atoms with E-state index in [1.807, 2.05) is 41.1 Å². The number of carbonyl (C=O) groups excluding carboxylic acids is 1. The van der Waals surface area contributed by atoms with Gasteiger partial charge in [0.15, 0.2) is 21.6 Å². The third-order valence-corrected chi connectivity index (χ3v) is 5.11. The lowest BCUT2D eigenvalue weighted by Gasteiger charge is -2.20. The number of ether oxygens (including phenoxy) is 2. The van der Waals surface area contributed by atoms with Gasteiger partial charge < -0.3 is 14.8 Å². The SMILES string of the molecule is CC(NC(=O)/C=C/c1c(Cl)nc2sccn12)c1ccc2c(c1)OCCO2. The minimum Gasteiger partial charge on any atom is -0.486 e. The molecule has 0 spiro atoms. The van der Waals surface area contributed by atoms with E-state index in [4.69, 9.17) is 21.1 Å². The van der Waals surface area contributed by atoms with Crippen LogP contribution in [0.5, 0.6) is 11.5 Å². The summed E-state index contributed by atoms with van der Waals surface area (Å²) in [5, 5.41) is 5.23. The van der Waals surface area contributed by atoms with Gasteiger partial charge in [-0.05, 0) is 30.7 Å². The fourth-order valence-corrected chi connectivity index (χ4v) is 3.76. The fourth-order valence-electron chi connectivity index (χ4n) is 2.75. The number of rotatable bonds is 4. The Kier molecular flexibility index (Phi) is 4.57. The molecule has 1 N–H and O–H groups in total. The first kappa shape index (κ1) is 16.9. The number of fused-ring (bicyclic) bond motifs is 2. The number of thiazole rings is 1. The van der Waals surface area contributed by atoms with Crippen molar-refractivity contribution in [2.24, 2.45) is 0 Å². The summed E-state index contributed by atoms with van der Waals surface area (Å²) in [4.78, 5) is 17.3. The number of carbonyl (C=O) groups is 1. The van der Waals surface area contributed by atoms with Crippen LogP contribution in [0.1, 0.15) is 24.2 Å². The highest BCUT2D eigenvalue weighted by atomic mass is 35.5. The van der Waals surface area contributed by atoms with Crippen LogP contribution in [0, 0.1) is 0 Å². The van der Waals surface area contributed by atoms with Gasteiger partial charge in [0.1, 0.15) is 13.2 Å². The Morgan fingerprint density at radius 3 is 3.04 bits per heavy atom. The van der Waals surface area contributed by atoms with Crippen molar-refractivity contribution >= 4 is 39.9 Å². The maximum atomic E-state index is 12.3. The summed E-state index contributed by atoms with van der Waals surface area (Å²) in [5.41, 5.74) is 1.63. The summed E-state index contributed by atoms with van der Waals surface area (Å²) in [6, 6.07) is 5.50. The van der Waals surface area contributed by atoms with Crippen molar-refractivity contribution in [3.05, 3.63) is 52.3 Å². The van der Waals surface area contributed by atoms with Crippen LogP contribution in [0.3, 0.4) is 0 Å². The Balaban J connectivity index is 1.46. The van der Waals surface area contributed by atoms with Crippen LogP contribution in [-0.2, 0) is 4.79 Å². The van der Waals surface area contributed by atoms with Crippen LogP contribution < -0.4 is 14.8 Å². The zero-order valence-corrected chi connectivity index (χ0v) is 15.5. The zero-order valence-electron chi connectivity index (χ0n) is 13.9. The Morgan fingerprint density at radius 2 is 2.19 bits per heavy atom. The highest BCUT2D eigenvalue weighted by Gasteiger charge is 2.15. The van der Waals surface area contributed by atoms with Crippen molar-refractivity contribution in [1.82, 2.24) is 14.7 Å². The first-order chi connectivity index (χ1) is 12.6. The average Bonchev–Trinajstić information content (AvgIpc) is 3.20. The first-order valence-corrected chi connectivity index (χ1v) is 9.37. The van der Waals surface area contributed by atoms with Crippen molar-refractivity contribution in [2.45, 2.75) is 13.0 Å². The van der Waals surface area contributed by atoms with E-state index < -0.39 is 0 Å². The van der Waals surface area contributed by atoms with Gasteiger partial charge in [-0.2, -0.15) is 0 Å². The lowest BCUT2D eigenvalue weighted by Crippen LogP contribution is -2.25. The molecule has 1 amide bonds. The van der Waals surface area contributed by atoms with E-state index in [1.165, 1.54) is 17.4 Å². The monoisotopic (exact) mass is 389 g/mol. The Morgan fingerprint density at radius 1 is 1.38 bits per heavy atom. The molecule has 1 atom stereocenters. The molecule has 134 valence electrons. The number of nitrogens with zero attached hydrogens (tertiary/aromatic N) is 2. The normalized spacial score (nSPS) is 14.7. The Bertz CT molecular complexity index is 995. The smallest absolute Gasteiger partial charge is 0.244 e. The molecule has 0 aliphatic carbocycles. The molecule has 1 aliphatic rings. The molecule has 2 aromatic heterocycles. The van der Waals surface area contributed by atoms with Gasteiger partial charge in [-0.1, -0.05) is 17.7 Å². The van der Waals surface area contributed by atoms with Crippen molar-refractivity contribution in [3.8, 4) is 11.5 Å². The molecule has 1 aliphatic heterocycles. The number of benzene rings is 1. The van der Waals surface area contributed by atoms with Crippen LogP contribution in [0.15, 0.2) is 35.9 Å². The van der Waals surface area contributed by atoms with Crippen molar-refractivity contribution in [2.75, 3.05) is 13.2 Å². The van der Waals surface area contributed by atoms with E-state index in [9.17, 15) is 4.79 Å². The largest absolute Gasteiger partial charge is 0.486 e. The molecule has 4 rings (SSSR count). The van der Waals surface area contributed by atoms with Crippen LogP contribution >= 0.6 is 22.9 Å². The third kappa shape index (κ3) is 3.27. The van der Waals surface area contributed by atoms with E-state index in [0.717, 1.165) is 16.3 Å². The number of aromatic nitrogens is 2. The van der Waals surface area contributed by atoms with Crippen LogP contribution in [0.2, 0.25) is 5.15 Å². The summed E-state index contributed by atoms with van der Waals surface area (Å²) >= 11 is 7.61. The van der Waals surface area contributed by atoms with Gasteiger partial charge >= 0.3 is 0 Å². The van der Waals surface area contributed by atoms with Gasteiger partial charge in [0.2, 0.25) is 5.91 Å². The number of amides is 1. The number of halogens is 1. The predicted octanol–water partition coefficient (Wildman–Crippen LogP) is 3.71. The molecular formula is C18H16ClN3O3S. The zero-order chi connectivity index (χ0) is 18.1. The minimum absolute atomic E-state index is 0.176. The summed E-state index contributed by atoms with van der Waals surface area (Å²) in [7, 11) is 0. The fraction of sp³-hybridized carbons (Fsp3) is 0.222. The van der Waals surface area contributed by atoms with E-state index in [-0.39, 0.29) is 11.9 Å². The van der Waals surface area contributed by atoms with Crippen molar-refractivity contribution < 1.29 is 14.3 Å². The van der Waals surface area contributed by atoms with E-state index in [2.05, 4.69) is 10.3 Å². The maximum absolute atomic E-state index is 12.3. The standard InChI is InChI=1S/C18H16ClN3O3S/c1-11(12-2-4-14-15(10-12)25-8-7-24-14)20-16(23)5-3-13-17(19)21-18-22(13)6-9-26-18/h2-6,9-11H,7-8H2,1H3,(H,20,23)/b5-3+. The summed E-state index contributed by atoms with van der Waals surface area (Å²) in [6.07, 6.45) is 5.00. The minimum atomic E-state index is -0.214. The van der Waals surface area contributed by atoms with Gasteiger partial charge in [-0.25, -0.2) is 4.98 Å². The molecule has 26 heavy (non-hydrogen) atoms. The third-order valence-electron chi connectivity index (χ3n) is 4.07. The van der Waals surface area contributed by atoms with Gasteiger partial charge in [0.05, 0.1) is 11.7 Å². The molecule has 6 nitrogen and oxygen atoms in total. The summed E-state index contributed by atoms with van der Waals surface area (Å²) < 4.78 is 13.0. The van der Waals surface area contributed by atoms with E-state index >= 15 is 0 Å². The Labute approximate surface area is 159 Å². The maximum Gasteiger partial charge on any atom is 0.244 e. The molecule has 0 saturated heterocycles. The molecule has 0 saturated carbocycles. The highest BCUT2D eigenvalue weighted by molar-refractivity contribution is 7.15. The van der Waals surface area contributed by atoms with Gasteiger partial charge in [0, 0.05) is 17.7 Å². The lowest BCUT2D eigenvalue weighted by molar-refractivity contribution is -0.117. The molecule has 0 fully saturated rings. The lowest BCUT2D eigenvalue weighted by atomic mass is 10.1. The molecule has 3 aromatic rings. The van der Waals surface area contributed by atoms with Crippen molar-refractivity contribution in [1.29, 1.82) is 0 Å². The van der Waals surface area contributed by atoms with Gasteiger partial charge in [-0.15, -0.1) is 11.3 Å². The highest BCUT2D eigenvalue weighted by Crippen LogP contribution is 2.32. The second kappa shape index (κ2) is 7.01. The molecule has 0 radical (unpaired) electrons. The predicted molar refractivity (Wildman–Crippen MR) is 101 cm³/mol. The summed E-state index contributed by atoms with van der Waals surface area (Å²) in [5.74, 6) is 1.22. The topological polar surface area (TPSA) is 64.9 Å². The van der Waals surface area contributed by atoms with E-state index in [0.29, 0.717) is 29.8 Å². The van der Waals surface area contributed by atoms with Crippen molar-refractivity contribution in [3.63, 3.8) is 0 Å². The molecular weight excluding hydrogens is 374 g/mol. The molecule has 0 bridgehead atoms. The Hall–Kier alpha value is -2.51. The molecule has 1 aromatic carbocycles. The van der Waals surface area contributed by atoms with E-state index in [1.54, 1.807) is 6.08 Å². The quantitative estimate of drug-likeness (QED) is 0.691. The van der Waals surface area contributed by atoms with Gasteiger partial charge in [-0.3, -0.25) is 9.20 Å². The number of imidazole rings is 1. The number of hydrogen-bond donors (Lipinski definition) is 1.